The summed E-state index contributed by atoms with van der Waals surface area (Å²) in [6.07, 6.45) is 5.19. The van der Waals surface area contributed by atoms with Crippen molar-refractivity contribution in [2.45, 2.75) is 37.5 Å². The van der Waals surface area contributed by atoms with Crippen LogP contribution in [0.15, 0.2) is 18.2 Å². The van der Waals surface area contributed by atoms with Gasteiger partial charge in [-0.1, -0.05) is 25.0 Å². The van der Waals surface area contributed by atoms with E-state index < -0.39 is 0 Å². The predicted molar refractivity (Wildman–Crippen MR) is 69.3 cm³/mol. The zero-order chi connectivity index (χ0) is 11.8. The summed E-state index contributed by atoms with van der Waals surface area (Å²) < 4.78 is 0. The lowest BCUT2D eigenvalue weighted by molar-refractivity contribution is -0.116. The summed E-state index contributed by atoms with van der Waals surface area (Å²) in [7, 11) is 0. The summed E-state index contributed by atoms with van der Waals surface area (Å²) >= 11 is 6.43. The van der Waals surface area contributed by atoms with E-state index in [4.69, 9.17) is 11.6 Å². The molecule has 0 bridgehead atoms. The highest BCUT2D eigenvalue weighted by molar-refractivity contribution is 6.20. The van der Waals surface area contributed by atoms with Crippen LogP contribution in [-0.2, 0) is 11.2 Å². The number of anilines is 1. The monoisotopic (exact) mass is 249 g/mol. The third-order valence-electron chi connectivity index (χ3n) is 3.62. The standard InChI is InChI=1S/C14H16ClNO/c15-12(7-9-1-2-9)10-3-5-13-11(8-10)4-6-14(17)16-13/h3,5,8-9,12H,1-2,4,6-7H2,(H,16,17). The molecule has 1 aromatic carbocycles. The number of carbonyl (C=O) groups is 1. The molecule has 1 N–H and O–H groups in total. The van der Waals surface area contributed by atoms with Crippen LogP contribution in [-0.4, -0.2) is 5.91 Å². The minimum atomic E-state index is 0.116. The third kappa shape index (κ3) is 2.47. The van der Waals surface area contributed by atoms with Gasteiger partial charge in [-0.25, -0.2) is 0 Å². The van der Waals surface area contributed by atoms with Crippen molar-refractivity contribution < 1.29 is 4.79 Å². The van der Waals surface area contributed by atoms with E-state index in [-0.39, 0.29) is 11.3 Å². The lowest BCUT2D eigenvalue weighted by Crippen LogP contribution is -2.19. The molecule has 1 atom stereocenters. The summed E-state index contributed by atoms with van der Waals surface area (Å²) in [5.74, 6) is 0.957. The van der Waals surface area contributed by atoms with E-state index in [0.717, 1.165) is 24.4 Å². The van der Waals surface area contributed by atoms with Crippen LogP contribution in [0.1, 0.15) is 42.2 Å². The van der Waals surface area contributed by atoms with Gasteiger partial charge in [-0.3, -0.25) is 4.79 Å². The van der Waals surface area contributed by atoms with E-state index in [0.29, 0.717) is 6.42 Å². The molecule has 17 heavy (non-hydrogen) atoms. The zero-order valence-electron chi connectivity index (χ0n) is 9.71. The minimum Gasteiger partial charge on any atom is -0.326 e. The first-order valence-electron chi connectivity index (χ1n) is 6.29. The molecule has 0 radical (unpaired) electrons. The van der Waals surface area contributed by atoms with Crippen LogP contribution in [0.4, 0.5) is 5.69 Å². The van der Waals surface area contributed by atoms with Crippen molar-refractivity contribution in [3.63, 3.8) is 0 Å². The van der Waals surface area contributed by atoms with Crippen molar-refractivity contribution in [2.75, 3.05) is 5.32 Å². The maximum atomic E-state index is 11.3. The average Bonchev–Trinajstić information content (AvgIpc) is 3.12. The molecule has 1 amide bonds. The number of carbonyl (C=O) groups excluding carboxylic acids is 1. The number of benzene rings is 1. The summed E-state index contributed by atoms with van der Waals surface area (Å²) in [6, 6.07) is 6.20. The van der Waals surface area contributed by atoms with Crippen LogP contribution in [0.25, 0.3) is 0 Å². The maximum absolute atomic E-state index is 11.3. The summed E-state index contributed by atoms with van der Waals surface area (Å²) in [5.41, 5.74) is 3.39. The van der Waals surface area contributed by atoms with Gasteiger partial charge >= 0.3 is 0 Å². The largest absolute Gasteiger partial charge is 0.326 e. The number of fused-ring (bicyclic) bond motifs is 1. The van der Waals surface area contributed by atoms with E-state index in [1.165, 1.54) is 24.0 Å². The van der Waals surface area contributed by atoms with Gasteiger partial charge < -0.3 is 5.32 Å². The number of nitrogens with one attached hydrogen (secondary N) is 1. The van der Waals surface area contributed by atoms with E-state index >= 15 is 0 Å². The van der Waals surface area contributed by atoms with E-state index in [2.05, 4.69) is 11.4 Å². The van der Waals surface area contributed by atoms with Gasteiger partial charge in [0.1, 0.15) is 0 Å². The Hall–Kier alpha value is -1.02. The Morgan fingerprint density at radius 2 is 2.18 bits per heavy atom. The number of rotatable bonds is 3. The van der Waals surface area contributed by atoms with Crippen molar-refractivity contribution in [1.29, 1.82) is 0 Å². The number of alkyl halides is 1. The molecule has 3 heteroatoms. The molecule has 0 saturated heterocycles. The van der Waals surface area contributed by atoms with Gasteiger partial charge in [0.05, 0.1) is 5.38 Å². The fourth-order valence-corrected chi connectivity index (χ4v) is 2.77. The van der Waals surface area contributed by atoms with Gasteiger partial charge in [0, 0.05) is 12.1 Å². The van der Waals surface area contributed by atoms with Gasteiger partial charge in [-0.2, -0.15) is 0 Å². The molecular formula is C14H16ClNO. The van der Waals surface area contributed by atoms with Gasteiger partial charge in [0.2, 0.25) is 5.91 Å². The first-order chi connectivity index (χ1) is 8.22. The predicted octanol–water partition coefficient (Wildman–Crippen LogP) is 3.65. The number of halogens is 1. The highest BCUT2D eigenvalue weighted by Gasteiger charge is 2.25. The Labute approximate surface area is 106 Å². The normalized spacial score (nSPS) is 20.6. The van der Waals surface area contributed by atoms with Gasteiger partial charge in [0.15, 0.2) is 0 Å². The molecule has 3 rings (SSSR count). The molecule has 0 spiro atoms. The quantitative estimate of drug-likeness (QED) is 0.814. The molecular weight excluding hydrogens is 234 g/mol. The molecule has 1 aliphatic carbocycles. The second-order valence-electron chi connectivity index (χ2n) is 5.11. The number of aryl methyl sites for hydroxylation is 1. The van der Waals surface area contributed by atoms with E-state index in [1.54, 1.807) is 0 Å². The van der Waals surface area contributed by atoms with Crippen LogP contribution in [0, 0.1) is 5.92 Å². The maximum Gasteiger partial charge on any atom is 0.224 e. The van der Waals surface area contributed by atoms with Crippen molar-refractivity contribution in [1.82, 2.24) is 0 Å². The van der Waals surface area contributed by atoms with Crippen LogP contribution >= 0.6 is 11.6 Å². The second-order valence-corrected chi connectivity index (χ2v) is 5.64. The van der Waals surface area contributed by atoms with E-state index in [9.17, 15) is 4.79 Å². The van der Waals surface area contributed by atoms with Gasteiger partial charge in [0.25, 0.3) is 0 Å². The fourth-order valence-electron chi connectivity index (χ4n) is 2.38. The van der Waals surface area contributed by atoms with Gasteiger partial charge in [-0.05, 0) is 36.0 Å². The highest BCUT2D eigenvalue weighted by atomic mass is 35.5. The first kappa shape index (κ1) is 11.1. The third-order valence-corrected chi connectivity index (χ3v) is 4.05. The molecule has 1 aliphatic heterocycles. The van der Waals surface area contributed by atoms with Gasteiger partial charge in [-0.15, -0.1) is 11.6 Å². The number of hydrogen-bond acceptors (Lipinski definition) is 1. The molecule has 0 aromatic heterocycles. The molecule has 2 nitrogen and oxygen atoms in total. The smallest absolute Gasteiger partial charge is 0.224 e. The highest BCUT2D eigenvalue weighted by Crippen LogP contribution is 2.41. The molecule has 1 fully saturated rings. The molecule has 1 aromatic rings. The molecule has 90 valence electrons. The Kier molecular flexibility index (Phi) is 2.83. The zero-order valence-corrected chi connectivity index (χ0v) is 10.5. The number of hydrogen-bond donors (Lipinski definition) is 1. The van der Waals surface area contributed by atoms with Crippen molar-refractivity contribution >= 4 is 23.2 Å². The Morgan fingerprint density at radius 3 is 2.94 bits per heavy atom. The van der Waals surface area contributed by atoms with E-state index in [1.807, 2.05) is 12.1 Å². The molecule has 1 saturated carbocycles. The van der Waals surface area contributed by atoms with Crippen LogP contribution in [0.3, 0.4) is 0 Å². The fraction of sp³-hybridized carbons (Fsp3) is 0.500. The lowest BCUT2D eigenvalue weighted by atomic mass is 9.98. The van der Waals surface area contributed by atoms with Crippen LogP contribution in [0.5, 0.6) is 0 Å². The Balaban J connectivity index is 1.79. The molecule has 1 heterocycles. The summed E-state index contributed by atoms with van der Waals surface area (Å²) in [5, 5.41) is 3.03. The summed E-state index contributed by atoms with van der Waals surface area (Å²) in [4.78, 5) is 11.3. The molecule has 2 aliphatic rings. The lowest BCUT2D eigenvalue weighted by Gasteiger charge is -2.19. The SMILES string of the molecule is O=C1CCc2cc(C(Cl)CC3CC3)ccc2N1. The first-order valence-corrected chi connectivity index (χ1v) is 6.73. The topological polar surface area (TPSA) is 29.1 Å². The average molecular weight is 250 g/mol. The Morgan fingerprint density at radius 1 is 1.35 bits per heavy atom. The number of amides is 1. The van der Waals surface area contributed by atoms with Crippen molar-refractivity contribution in [2.24, 2.45) is 5.92 Å². The van der Waals surface area contributed by atoms with Crippen molar-refractivity contribution in [3.05, 3.63) is 29.3 Å². The summed E-state index contributed by atoms with van der Waals surface area (Å²) in [6.45, 7) is 0. The van der Waals surface area contributed by atoms with Crippen LogP contribution < -0.4 is 5.32 Å². The Bertz CT molecular complexity index is 454. The van der Waals surface area contributed by atoms with Crippen molar-refractivity contribution in [3.8, 4) is 0 Å². The second kappa shape index (κ2) is 4.34. The minimum absolute atomic E-state index is 0.116. The molecule has 1 unspecified atom stereocenters. The van der Waals surface area contributed by atoms with Crippen LogP contribution in [0.2, 0.25) is 0 Å².